The number of halogens is 2. The molecule has 1 aliphatic rings. The molecule has 158 valence electrons. The van der Waals surface area contributed by atoms with Crippen molar-refractivity contribution in [1.29, 1.82) is 0 Å². The zero-order valence-corrected chi connectivity index (χ0v) is 18.3. The van der Waals surface area contributed by atoms with Gasteiger partial charge in [-0.25, -0.2) is 13.4 Å². The predicted octanol–water partition coefficient (Wildman–Crippen LogP) is 3.34. The zero-order valence-electron chi connectivity index (χ0n) is 16.0. The molecule has 2 heterocycles. The van der Waals surface area contributed by atoms with Crippen LogP contribution in [0.4, 0.5) is 0 Å². The van der Waals surface area contributed by atoms with Gasteiger partial charge in [-0.1, -0.05) is 41.4 Å². The zero-order chi connectivity index (χ0) is 21.3. The van der Waals surface area contributed by atoms with E-state index in [-0.39, 0.29) is 33.9 Å². The normalized spacial score (nSPS) is 15.6. The minimum absolute atomic E-state index is 0.0247. The van der Waals surface area contributed by atoms with Gasteiger partial charge in [0.05, 0.1) is 21.1 Å². The molecule has 1 aromatic heterocycles. The quantitative estimate of drug-likeness (QED) is 0.624. The maximum absolute atomic E-state index is 12.9. The van der Waals surface area contributed by atoms with Crippen LogP contribution in [-0.4, -0.2) is 59.7 Å². The van der Waals surface area contributed by atoms with E-state index < -0.39 is 10.0 Å². The van der Waals surface area contributed by atoms with Crippen LogP contribution < -0.4 is 0 Å². The number of imidazole rings is 1. The van der Waals surface area contributed by atoms with E-state index in [4.69, 9.17) is 23.2 Å². The van der Waals surface area contributed by atoms with Crippen molar-refractivity contribution in [3.8, 4) is 0 Å². The fourth-order valence-electron chi connectivity index (χ4n) is 3.54. The molecule has 0 aliphatic carbocycles. The number of para-hydroxylation sites is 2. The van der Waals surface area contributed by atoms with Crippen LogP contribution in [0.2, 0.25) is 10.0 Å². The second-order valence-corrected chi connectivity index (χ2v) is 9.73. The van der Waals surface area contributed by atoms with Crippen LogP contribution in [0.3, 0.4) is 0 Å². The fraction of sp³-hybridized carbons (Fsp3) is 0.300. The number of fused-ring (bicyclic) bond motifs is 1. The number of aromatic nitrogens is 2. The molecular weight excluding hydrogens is 447 g/mol. The minimum Gasteiger partial charge on any atom is -0.342 e. The van der Waals surface area contributed by atoms with Crippen LogP contribution in [0.25, 0.3) is 11.0 Å². The Bertz CT molecular complexity index is 1130. The number of hydrogen-bond acceptors (Lipinski definition) is 4. The highest BCUT2D eigenvalue weighted by Gasteiger charge is 2.32. The van der Waals surface area contributed by atoms with Crippen LogP contribution in [0.5, 0.6) is 0 Å². The number of carbonyl (C=O) groups is 1. The Morgan fingerprint density at radius 3 is 2.33 bits per heavy atom. The number of H-pyrrole nitrogens is 1. The molecule has 3 aromatic rings. The molecule has 1 aliphatic heterocycles. The molecule has 7 nitrogen and oxygen atoms in total. The first-order valence-corrected chi connectivity index (χ1v) is 11.7. The van der Waals surface area contributed by atoms with Crippen molar-refractivity contribution in [3.63, 3.8) is 0 Å². The third-order valence-corrected chi connectivity index (χ3v) is 7.98. The second-order valence-electron chi connectivity index (χ2n) is 7.04. The number of benzene rings is 2. The van der Waals surface area contributed by atoms with E-state index in [1.807, 2.05) is 24.3 Å². The van der Waals surface area contributed by atoms with Crippen LogP contribution in [-0.2, 0) is 21.2 Å². The number of aryl methyl sites for hydroxylation is 1. The van der Waals surface area contributed by atoms with Crippen molar-refractivity contribution < 1.29 is 13.2 Å². The highest BCUT2D eigenvalue weighted by molar-refractivity contribution is 7.89. The van der Waals surface area contributed by atoms with Gasteiger partial charge in [-0.05, 0) is 24.3 Å². The summed E-state index contributed by atoms with van der Waals surface area (Å²) in [6.45, 7) is 1.03. The highest BCUT2D eigenvalue weighted by atomic mass is 35.5. The summed E-state index contributed by atoms with van der Waals surface area (Å²) in [4.78, 5) is 21.9. The molecule has 1 N–H and O–H groups in total. The Balaban J connectivity index is 1.36. The summed E-state index contributed by atoms with van der Waals surface area (Å²) < 4.78 is 27.2. The molecule has 0 bridgehead atoms. The van der Waals surface area contributed by atoms with Crippen LogP contribution in [0.15, 0.2) is 47.4 Å². The summed E-state index contributed by atoms with van der Waals surface area (Å²) in [5.74, 6) is 0.738. The van der Waals surface area contributed by atoms with Crippen molar-refractivity contribution in [2.45, 2.75) is 17.7 Å². The Morgan fingerprint density at radius 1 is 1.00 bits per heavy atom. The average molecular weight is 467 g/mol. The molecule has 0 spiro atoms. The van der Waals surface area contributed by atoms with Gasteiger partial charge < -0.3 is 9.88 Å². The molecular formula is C20H20Cl2N4O3S. The third kappa shape index (κ3) is 4.18. The van der Waals surface area contributed by atoms with Crippen molar-refractivity contribution in [1.82, 2.24) is 19.2 Å². The number of piperazine rings is 1. The van der Waals surface area contributed by atoms with Gasteiger partial charge in [-0.15, -0.1) is 0 Å². The Kier molecular flexibility index (Phi) is 6.02. The number of nitrogens with zero attached hydrogens (tertiary/aromatic N) is 3. The fourth-order valence-corrected chi connectivity index (χ4v) is 6.06. The maximum atomic E-state index is 12.9. The molecule has 0 unspecified atom stereocenters. The molecule has 10 heteroatoms. The molecule has 2 aromatic carbocycles. The number of rotatable bonds is 5. The van der Waals surface area contributed by atoms with Gasteiger partial charge in [0, 0.05) is 39.0 Å². The molecule has 0 radical (unpaired) electrons. The largest absolute Gasteiger partial charge is 0.342 e. The van der Waals surface area contributed by atoms with E-state index in [2.05, 4.69) is 9.97 Å². The van der Waals surface area contributed by atoms with Gasteiger partial charge in [-0.2, -0.15) is 4.31 Å². The number of hydrogen-bond donors (Lipinski definition) is 1. The number of nitrogens with one attached hydrogen (secondary N) is 1. The van der Waals surface area contributed by atoms with E-state index in [9.17, 15) is 13.2 Å². The van der Waals surface area contributed by atoms with Gasteiger partial charge in [0.15, 0.2) is 0 Å². The molecule has 0 atom stereocenters. The van der Waals surface area contributed by atoms with Gasteiger partial charge in [-0.3, -0.25) is 4.79 Å². The standard InChI is InChI=1S/C20H20Cl2N4O3S/c21-14-4-3-5-15(22)20(14)30(28,29)26-12-10-25(11-13-26)19(27)9-8-18-23-16-6-1-2-7-17(16)24-18/h1-7H,8-13H2,(H,23,24). The van der Waals surface area contributed by atoms with Gasteiger partial charge >= 0.3 is 0 Å². The first kappa shape index (κ1) is 21.1. The summed E-state index contributed by atoms with van der Waals surface area (Å²) in [6, 6.07) is 12.3. The lowest BCUT2D eigenvalue weighted by Crippen LogP contribution is -2.50. The summed E-state index contributed by atoms with van der Waals surface area (Å²) >= 11 is 12.2. The molecule has 0 saturated carbocycles. The monoisotopic (exact) mass is 466 g/mol. The average Bonchev–Trinajstić information content (AvgIpc) is 3.15. The third-order valence-electron chi connectivity index (χ3n) is 5.12. The van der Waals surface area contributed by atoms with Crippen LogP contribution >= 0.6 is 23.2 Å². The summed E-state index contributed by atoms with van der Waals surface area (Å²) in [7, 11) is -3.83. The number of amides is 1. The molecule has 1 amide bonds. The maximum Gasteiger partial charge on any atom is 0.246 e. The number of sulfonamides is 1. The SMILES string of the molecule is O=C(CCc1nc2ccccc2[nH]1)N1CCN(S(=O)(=O)c2c(Cl)cccc2Cl)CC1. The van der Waals surface area contributed by atoms with E-state index in [1.165, 1.54) is 16.4 Å². The smallest absolute Gasteiger partial charge is 0.246 e. The van der Waals surface area contributed by atoms with Crippen molar-refractivity contribution in [3.05, 3.63) is 58.3 Å². The van der Waals surface area contributed by atoms with E-state index in [1.54, 1.807) is 11.0 Å². The van der Waals surface area contributed by atoms with Gasteiger partial charge in [0.25, 0.3) is 0 Å². The number of carbonyl (C=O) groups excluding carboxylic acids is 1. The van der Waals surface area contributed by atoms with E-state index in [0.717, 1.165) is 16.9 Å². The second kappa shape index (κ2) is 8.55. The van der Waals surface area contributed by atoms with E-state index >= 15 is 0 Å². The Hall–Kier alpha value is -2.13. The molecule has 1 fully saturated rings. The Labute approximate surface area is 184 Å². The highest BCUT2D eigenvalue weighted by Crippen LogP contribution is 2.31. The predicted molar refractivity (Wildman–Crippen MR) is 116 cm³/mol. The van der Waals surface area contributed by atoms with Gasteiger partial charge in [0.2, 0.25) is 15.9 Å². The van der Waals surface area contributed by atoms with Crippen LogP contribution in [0, 0.1) is 0 Å². The topological polar surface area (TPSA) is 86.4 Å². The van der Waals surface area contributed by atoms with E-state index in [0.29, 0.717) is 25.9 Å². The number of aromatic amines is 1. The summed E-state index contributed by atoms with van der Waals surface area (Å²) in [5, 5.41) is 0.179. The first-order valence-electron chi connectivity index (χ1n) is 9.52. The van der Waals surface area contributed by atoms with Crippen LogP contribution in [0.1, 0.15) is 12.2 Å². The van der Waals surface area contributed by atoms with Crippen molar-refractivity contribution in [2.24, 2.45) is 0 Å². The molecule has 30 heavy (non-hydrogen) atoms. The lowest BCUT2D eigenvalue weighted by Gasteiger charge is -2.34. The van der Waals surface area contributed by atoms with Gasteiger partial charge in [0.1, 0.15) is 10.7 Å². The molecule has 4 rings (SSSR count). The van der Waals surface area contributed by atoms with Crippen molar-refractivity contribution in [2.75, 3.05) is 26.2 Å². The summed E-state index contributed by atoms with van der Waals surface area (Å²) in [6.07, 6.45) is 0.810. The lowest BCUT2D eigenvalue weighted by molar-refractivity contribution is -0.132. The minimum atomic E-state index is -3.83. The lowest BCUT2D eigenvalue weighted by atomic mass is 10.2. The van der Waals surface area contributed by atoms with Crippen molar-refractivity contribution >= 4 is 50.2 Å². The summed E-state index contributed by atoms with van der Waals surface area (Å²) in [5.41, 5.74) is 1.81. The molecule has 1 saturated heterocycles. The Morgan fingerprint density at radius 2 is 1.67 bits per heavy atom. The first-order chi connectivity index (χ1) is 14.4.